The number of nitrogens with one attached hydrogen (secondary N) is 1. The third kappa shape index (κ3) is 3.63. The Hall–Kier alpha value is -1.76. The van der Waals surface area contributed by atoms with Crippen molar-refractivity contribution in [2.45, 2.75) is 25.8 Å². The molecule has 1 aromatic carbocycles. The SMILES string of the molecule is COC(OC)C(C)NCc1cnn(-c2ccccc2)n1. The molecule has 108 valence electrons. The van der Waals surface area contributed by atoms with Gasteiger partial charge in [0.05, 0.1) is 23.6 Å². The highest BCUT2D eigenvalue weighted by atomic mass is 16.7. The molecule has 2 aromatic rings. The van der Waals surface area contributed by atoms with Crippen molar-refractivity contribution in [1.29, 1.82) is 0 Å². The predicted octanol–water partition coefficient (Wildman–Crippen LogP) is 1.36. The average Bonchev–Trinajstić information content (AvgIpc) is 2.96. The average molecular weight is 276 g/mol. The van der Waals surface area contributed by atoms with E-state index in [9.17, 15) is 0 Å². The van der Waals surface area contributed by atoms with Crippen molar-refractivity contribution in [3.63, 3.8) is 0 Å². The highest BCUT2D eigenvalue weighted by Crippen LogP contribution is 2.05. The molecule has 6 nitrogen and oxygen atoms in total. The maximum Gasteiger partial charge on any atom is 0.171 e. The first kappa shape index (κ1) is 14.6. The molecule has 1 heterocycles. The van der Waals surface area contributed by atoms with Gasteiger partial charge in [-0.2, -0.15) is 15.0 Å². The number of hydrogen-bond donors (Lipinski definition) is 1. The van der Waals surface area contributed by atoms with Crippen LogP contribution in [0.2, 0.25) is 0 Å². The second-order valence-corrected chi connectivity index (χ2v) is 4.47. The Bertz CT molecular complexity index is 511. The van der Waals surface area contributed by atoms with Gasteiger partial charge in [0.15, 0.2) is 6.29 Å². The van der Waals surface area contributed by atoms with E-state index in [2.05, 4.69) is 15.5 Å². The monoisotopic (exact) mass is 276 g/mol. The number of ether oxygens (including phenoxy) is 2. The van der Waals surface area contributed by atoms with Crippen molar-refractivity contribution in [2.75, 3.05) is 14.2 Å². The van der Waals surface area contributed by atoms with Crippen molar-refractivity contribution >= 4 is 0 Å². The molecule has 0 bridgehead atoms. The van der Waals surface area contributed by atoms with Gasteiger partial charge in [0.25, 0.3) is 0 Å². The lowest BCUT2D eigenvalue weighted by Crippen LogP contribution is -2.39. The maximum absolute atomic E-state index is 5.20. The molecule has 0 amide bonds. The Morgan fingerprint density at radius 2 is 1.90 bits per heavy atom. The minimum atomic E-state index is -0.279. The van der Waals surface area contributed by atoms with E-state index in [1.807, 2.05) is 37.3 Å². The fourth-order valence-corrected chi connectivity index (χ4v) is 1.93. The van der Waals surface area contributed by atoms with Gasteiger partial charge in [-0.15, -0.1) is 0 Å². The molecule has 0 saturated heterocycles. The minimum absolute atomic E-state index is 0.0619. The Labute approximate surface area is 118 Å². The second-order valence-electron chi connectivity index (χ2n) is 4.47. The topological polar surface area (TPSA) is 61.2 Å². The van der Waals surface area contributed by atoms with Crippen molar-refractivity contribution in [1.82, 2.24) is 20.3 Å². The van der Waals surface area contributed by atoms with E-state index in [4.69, 9.17) is 9.47 Å². The van der Waals surface area contributed by atoms with Crippen LogP contribution in [0.4, 0.5) is 0 Å². The normalized spacial score (nSPS) is 12.8. The van der Waals surface area contributed by atoms with Gasteiger partial charge in [0.2, 0.25) is 0 Å². The molecule has 1 N–H and O–H groups in total. The van der Waals surface area contributed by atoms with Gasteiger partial charge >= 0.3 is 0 Å². The number of rotatable bonds is 7. The van der Waals surface area contributed by atoms with Gasteiger partial charge in [-0.05, 0) is 19.1 Å². The lowest BCUT2D eigenvalue weighted by Gasteiger charge is -2.21. The maximum atomic E-state index is 5.20. The lowest BCUT2D eigenvalue weighted by atomic mass is 10.3. The van der Waals surface area contributed by atoms with Crippen LogP contribution in [0.15, 0.2) is 36.5 Å². The van der Waals surface area contributed by atoms with Crippen LogP contribution in [0.3, 0.4) is 0 Å². The van der Waals surface area contributed by atoms with Crippen LogP contribution >= 0.6 is 0 Å². The molecule has 0 aliphatic rings. The van der Waals surface area contributed by atoms with Crippen LogP contribution in [0.1, 0.15) is 12.6 Å². The standard InChI is InChI=1S/C14H20N4O2/c1-11(14(19-2)20-3)15-9-12-10-16-18(17-12)13-7-5-4-6-8-13/h4-8,10-11,14-15H,9H2,1-3H3. The molecule has 20 heavy (non-hydrogen) atoms. The molecule has 0 fully saturated rings. The van der Waals surface area contributed by atoms with Gasteiger partial charge in [-0.25, -0.2) is 0 Å². The first-order valence-corrected chi connectivity index (χ1v) is 6.50. The molecular formula is C14H20N4O2. The molecule has 1 atom stereocenters. The quantitative estimate of drug-likeness (QED) is 0.774. The fourth-order valence-electron chi connectivity index (χ4n) is 1.93. The number of benzene rings is 1. The van der Waals surface area contributed by atoms with Crippen LogP contribution in [0, 0.1) is 0 Å². The van der Waals surface area contributed by atoms with Gasteiger partial charge < -0.3 is 14.8 Å². The van der Waals surface area contributed by atoms with Crippen LogP contribution < -0.4 is 5.32 Å². The third-order valence-corrected chi connectivity index (χ3v) is 3.00. The molecule has 2 rings (SSSR count). The van der Waals surface area contributed by atoms with E-state index < -0.39 is 0 Å². The van der Waals surface area contributed by atoms with Crippen LogP contribution in [-0.4, -0.2) is 41.5 Å². The Balaban J connectivity index is 1.94. The minimum Gasteiger partial charge on any atom is -0.354 e. The second kappa shape index (κ2) is 7.14. The Morgan fingerprint density at radius 1 is 1.20 bits per heavy atom. The summed E-state index contributed by atoms with van der Waals surface area (Å²) in [4.78, 5) is 1.62. The molecule has 0 saturated carbocycles. The van der Waals surface area contributed by atoms with Crippen molar-refractivity contribution in [3.8, 4) is 5.69 Å². The highest BCUT2D eigenvalue weighted by Gasteiger charge is 2.15. The highest BCUT2D eigenvalue weighted by molar-refractivity contribution is 5.28. The molecule has 0 radical (unpaired) electrons. The summed E-state index contributed by atoms with van der Waals surface area (Å²) in [5, 5.41) is 12.0. The molecule has 0 aliphatic heterocycles. The van der Waals surface area contributed by atoms with E-state index >= 15 is 0 Å². The van der Waals surface area contributed by atoms with Crippen molar-refractivity contribution < 1.29 is 9.47 Å². The van der Waals surface area contributed by atoms with Crippen LogP contribution in [0.5, 0.6) is 0 Å². The van der Waals surface area contributed by atoms with Gasteiger partial charge in [0, 0.05) is 20.8 Å². The number of hydrogen-bond acceptors (Lipinski definition) is 5. The summed E-state index contributed by atoms with van der Waals surface area (Å²) in [5.41, 5.74) is 1.81. The van der Waals surface area contributed by atoms with Crippen LogP contribution in [-0.2, 0) is 16.0 Å². The van der Waals surface area contributed by atoms with Crippen LogP contribution in [0.25, 0.3) is 5.69 Å². The van der Waals surface area contributed by atoms with Gasteiger partial charge in [0.1, 0.15) is 0 Å². The summed E-state index contributed by atoms with van der Waals surface area (Å²) in [6.07, 6.45) is 1.47. The number of nitrogens with zero attached hydrogens (tertiary/aromatic N) is 3. The zero-order chi connectivity index (χ0) is 14.4. The smallest absolute Gasteiger partial charge is 0.171 e. The Morgan fingerprint density at radius 3 is 2.55 bits per heavy atom. The summed E-state index contributed by atoms with van der Waals surface area (Å²) in [7, 11) is 3.25. The van der Waals surface area contributed by atoms with E-state index in [1.54, 1.807) is 25.2 Å². The summed E-state index contributed by atoms with van der Waals surface area (Å²) >= 11 is 0. The molecule has 1 unspecified atom stereocenters. The van der Waals surface area contributed by atoms with Crippen molar-refractivity contribution in [2.24, 2.45) is 0 Å². The van der Waals surface area contributed by atoms with E-state index in [0.29, 0.717) is 6.54 Å². The molecular weight excluding hydrogens is 256 g/mol. The lowest BCUT2D eigenvalue weighted by molar-refractivity contribution is -0.119. The molecule has 0 spiro atoms. The van der Waals surface area contributed by atoms with E-state index in [1.165, 1.54) is 0 Å². The summed E-state index contributed by atoms with van der Waals surface area (Å²) in [5.74, 6) is 0. The van der Waals surface area contributed by atoms with Gasteiger partial charge in [-0.1, -0.05) is 18.2 Å². The van der Waals surface area contributed by atoms with E-state index in [0.717, 1.165) is 11.4 Å². The Kier molecular flexibility index (Phi) is 5.23. The largest absolute Gasteiger partial charge is 0.354 e. The summed E-state index contributed by atoms with van der Waals surface area (Å²) in [6, 6.07) is 9.87. The fraction of sp³-hybridized carbons (Fsp3) is 0.429. The number of methoxy groups -OCH3 is 2. The van der Waals surface area contributed by atoms with Crippen molar-refractivity contribution in [3.05, 3.63) is 42.2 Å². The molecule has 6 heteroatoms. The third-order valence-electron chi connectivity index (χ3n) is 3.00. The predicted molar refractivity (Wildman–Crippen MR) is 75.5 cm³/mol. The molecule has 0 aliphatic carbocycles. The molecule has 1 aromatic heterocycles. The number of aromatic nitrogens is 3. The summed E-state index contributed by atoms with van der Waals surface area (Å²) < 4.78 is 10.4. The number of para-hydroxylation sites is 1. The first-order chi connectivity index (χ1) is 9.74. The van der Waals surface area contributed by atoms with E-state index in [-0.39, 0.29) is 12.3 Å². The zero-order valence-corrected chi connectivity index (χ0v) is 12.0. The van der Waals surface area contributed by atoms with Gasteiger partial charge in [-0.3, -0.25) is 0 Å². The summed E-state index contributed by atoms with van der Waals surface area (Å²) in [6.45, 7) is 2.61. The zero-order valence-electron chi connectivity index (χ0n) is 12.0. The first-order valence-electron chi connectivity index (χ1n) is 6.50.